The molecule has 6 amide bonds. The summed E-state index contributed by atoms with van der Waals surface area (Å²) in [5.74, 6) is -1.42. The molecule has 2 fully saturated rings. The van der Waals surface area contributed by atoms with Crippen LogP contribution in [0.25, 0.3) is 0 Å². The fourth-order valence-corrected chi connectivity index (χ4v) is 6.98. The molecule has 2 aliphatic rings. The zero-order valence-corrected chi connectivity index (χ0v) is 30.7. The molecule has 0 aliphatic carbocycles. The van der Waals surface area contributed by atoms with Crippen molar-refractivity contribution in [2.24, 2.45) is 27.6 Å². The Morgan fingerprint density at radius 3 is 1.37 bits per heavy atom. The third-order valence-electron chi connectivity index (χ3n) is 9.05. The largest absolute Gasteiger partial charge is 0.380 e. The predicted molar refractivity (Wildman–Crippen MR) is 176 cm³/mol. The highest BCUT2D eigenvalue weighted by Crippen LogP contribution is 2.37. The lowest BCUT2D eigenvalue weighted by Gasteiger charge is -2.40. The minimum Gasteiger partial charge on any atom is -0.380 e. The molecule has 0 aromatic heterocycles. The van der Waals surface area contributed by atoms with Gasteiger partial charge in [0.15, 0.2) is 0 Å². The monoisotopic (exact) mass is 648 g/mol. The molecule has 46 heavy (non-hydrogen) atoms. The summed E-state index contributed by atoms with van der Waals surface area (Å²) < 4.78 is 6.09. The summed E-state index contributed by atoms with van der Waals surface area (Å²) in [6.45, 7) is 25.9. The van der Waals surface area contributed by atoms with E-state index in [1.54, 1.807) is 6.92 Å². The van der Waals surface area contributed by atoms with Gasteiger partial charge < -0.3 is 15.4 Å². The number of likely N-dealkylation sites (tertiary alicyclic amines) is 2. The first-order chi connectivity index (χ1) is 20.6. The number of nitrogens with one attached hydrogen (secondary N) is 2. The van der Waals surface area contributed by atoms with Gasteiger partial charge in [0.05, 0.1) is 13.2 Å². The van der Waals surface area contributed by atoms with E-state index in [0.717, 1.165) is 0 Å². The average Bonchev–Trinajstić information content (AvgIpc) is 3.35. The summed E-state index contributed by atoms with van der Waals surface area (Å²) in [6.07, 6.45) is 1.30. The molecule has 2 aliphatic heterocycles. The molecule has 2 heterocycles. The first-order valence-corrected chi connectivity index (χ1v) is 16.5. The maximum Gasteiger partial charge on any atom is 0.233 e. The maximum absolute atomic E-state index is 13.3. The molecule has 0 bridgehead atoms. The standard InChI is InChI=1S/C35H60N4O7/c1-23-16-26(42)39(27(23)43)35(12,13)18-33(8,9)29(45)37-20-31(4,5)22-46-21-30(2,3)19-36-28(44)32(6,7)17-34(10,11)38-24(40)14-15-25(38)41/h23H,14-22H2,1-13H3,(H,36,44)(H,37,45)/t23-/m0/s1. The van der Waals surface area contributed by atoms with Gasteiger partial charge in [-0.25, -0.2) is 0 Å². The smallest absolute Gasteiger partial charge is 0.233 e. The zero-order valence-electron chi connectivity index (χ0n) is 30.7. The molecule has 11 heteroatoms. The Hall–Kier alpha value is -2.82. The molecule has 262 valence electrons. The number of carbonyl (C=O) groups excluding carboxylic acids is 6. The van der Waals surface area contributed by atoms with Crippen molar-refractivity contribution in [3.8, 4) is 0 Å². The van der Waals surface area contributed by atoms with Gasteiger partial charge in [0.25, 0.3) is 0 Å². The van der Waals surface area contributed by atoms with E-state index in [1.807, 2.05) is 83.1 Å². The molecular weight excluding hydrogens is 588 g/mol. The second kappa shape index (κ2) is 13.7. The molecule has 0 radical (unpaired) electrons. The van der Waals surface area contributed by atoms with Crippen LogP contribution in [0.3, 0.4) is 0 Å². The van der Waals surface area contributed by atoms with E-state index in [9.17, 15) is 28.8 Å². The Bertz CT molecular complexity index is 1200. The van der Waals surface area contributed by atoms with Gasteiger partial charge in [0, 0.05) is 71.0 Å². The van der Waals surface area contributed by atoms with Crippen molar-refractivity contribution < 1.29 is 33.5 Å². The van der Waals surface area contributed by atoms with E-state index in [0.29, 0.717) is 39.1 Å². The lowest BCUT2D eigenvalue weighted by Crippen LogP contribution is -2.53. The van der Waals surface area contributed by atoms with Crippen molar-refractivity contribution in [1.82, 2.24) is 20.4 Å². The first kappa shape index (κ1) is 39.4. The van der Waals surface area contributed by atoms with E-state index in [2.05, 4.69) is 10.6 Å². The highest BCUT2D eigenvalue weighted by molar-refractivity contribution is 6.04. The van der Waals surface area contributed by atoms with Crippen LogP contribution >= 0.6 is 0 Å². The van der Waals surface area contributed by atoms with Crippen LogP contribution < -0.4 is 10.6 Å². The van der Waals surface area contributed by atoms with Crippen molar-refractivity contribution >= 4 is 35.4 Å². The molecule has 1 atom stereocenters. The number of carbonyl (C=O) groups is 6. The molecule has 2 N–H and O–H groups in total. The van der Waals surface area contributed by atoms with E-state index >= 15 is 0 Å². The second-order valence-corrected chi connectivity index (χ2v) is 17.7. The molecule has 11 nitrogen and oxygen atoms in total. The Morgan fingerprint density at radius 2 is 1.02 bits per heavy atom. The van der Waals surface area contributed by atoms with Crippen LogP contribution in [0.5, 0.6) is 0 Å². The van der Waals surface area contributed by atoms with Gasteiger partial charge in [-0.2, -0.15) is 0 Å². The maximum atomic E-state index is 13.3. The number of amides is 6. The summed E-state index contributed by atoms with van der Waals surface area (Å²) >= 11 is 0. The van der Waals surface area contributed by atoms with Crippen molar-refractivity contribution in [3.63, 3.8) is 0 Å². The first-order valence-electron chi connectivity index (χ1n) is 16.5. The van der Waals surface area contributed by atoms with Crippen LogP contribution in [-0.4, -0.2) is 82.6 Å². The number of hydrogen-bond acceptors (Lipinski definition) is 7. The van der Waals surface area contributed by atoms with Gasteiger partial charge in [0.1, 0.15) is 0 Å². The molecule has 0 aromatic rings. The fraction of sp³-hybridized carbons (Fsp3) is 0.829. The highest BCUT2D eigenvalue weighted by atomic mass is 16.5. The molecule has 2 saturated heterocycles. The van der Waals surface area contributed by atoms with Gasteiger partial charge in [-0.1, -0.05) is 62.3 Å². The predicted octanol–water partition coefficient (Wildman–Crippen LogP) is 4.22. The number of nitrogens with zero attached hydrogens (tertiary/aromatic N) is 2. The zero-order chi connectivity index (χ0) is 35.7. The lowest BCUT2D eigenvalue weighted by atomic mass is 9.78. The molecular formula is C35H60N4O7. The summed E-state index contributed by atoms with van der Waals surface area (Å²) in [4.78, 5) is 78.9. The summed E-state index contributed by atoms with van der Waals surface area (Å²) in [5, 5.41) is 6.09. The van der Waals surface area contributed by atoms with Gasteiger partial charge >= 0.3 is 0 Å². The minimum atomic E-state index is -0.824. The SMILES string of the molecule is C[C@H]1CC(=O)N(C(C)(C)CC(C)(C)C(=O)NCC(C)(C)COCC(C)(C)CNC(=O)C(C)(C)CC(C)(C)N2C(=O)CCC2=O)C1=O. The number of hydrogen-bond donors (Lipinski definition) is 2. The van der Waals surface area contributed by atoms with Crippen LogP contribution in [0.2, 0.25) is 0 Å². The molecule has 0 unspecified atom stereocenters. The minimum absolute atomic E-state index is 0.158. The highest BCUT2D eigenvalue weighted by Gasteiger charge is 2.48. The normalized spacial score (nSPS) is 18.9. The van der Waals surface area contributed by atoms with Gasteiger partial charge in [-0.3, -0.25) is 38.6 Å². The van der Waals surface area contributed by atoms with E-state index < -0.39 is 21.9 Å². The fourth-order valence-electron chi connectivity index (χ4n) is 6.98. The van der Waals surface area contributed by atoms with Crippen molar-refractivity contribution in [2.45, 2.75) is 133 Å². The number of ether oxygens (including phenoxy) is 1. The molecule has 0 saturated carbocycles. The van der Waals surface area contributed by atoms with Crippen molar-refractivity contribution in [1.29, 1.82) is 0 Å². The topological polar surface area (TPSA) is 142 Å². The Balaban J connectivity index is 1.85. The average molecular weight is 649 g/mol. The van der Waals surface area contributed by atoms with E-state index in [-0.39, 0.29) is 71.5 Å². The van der Waals surface area contributed by atoms with Gasteiger partial charge in [0.2, 0.25) is 35.4 Å². The Morgan fingerprint density at radius 1 is 0.652 bits per heavy atom. The van der Waals surface area contributed by atoms with Crippen LogP contribution in [0.4, 0.5) is 0 Å². The van der Waals surface area contributed by atoms with Crippen LogP contribution in [0.1, 0.15) is 122 Å². The second-order valence-electron chi connectivity index (χ2n) is 17.7. The number of imide groups is 2. The number of rotatable bonds is 16. The third-order valence-corrected chi connectivity index (χ3v) is 9.05. The van der Waals surface area contributed by atoms with Gasteiger partial charge in [-0.15, -0.1) is 0 Å². The summed E-state index contributed by atoms with van der Waals surface area (Å²) in [7, 11) is 0. The van der Waals surface area contributed by atoms with E-state index in [4.69, 9.17) is 4.74 Å². The van der Waals surface area contributed by atoms with Crippen molar-refractivity contribution in [3.05, 3.63) is 0 Å². The lowest BCUT2D eigenvalue weighted by molar-refractivity contribution is -0.149. The molecule has 0 spiro atoms. The molecule has 2 rings (SSSR count). The summed E-state index contributed by atoms with van der Waals surface area (Å²) in [5.41, 5.74) is -3.97. The third kappa shape index (κ3) is 9.84. The van der Waals surface area contributed by atoms with Gasteiger partial charge in [-0.05, 0) is 40.5 Å². The van der Waals surface area contributed by atoms with E-state index in [1.165, 1.54) is 9.80 Å². The van der Waals surface area contributed by atoms with Crippen molar-refractivity contribution in [2.75, 3.05) is 26.3 Å². The summed E-state index contributed by atoms with van der Waals surface area (Å²) in [6, 6.07) is 0. The van der Waals surface area contributed by atoms with Crippen LogP contribution in [0, 0.1) is 27.6 Å². The quantitative estimate of drug-likeness (QED) is 0.239. The molecule has 0 aromatic carbocycles. The van der Waals surface area contributed by atoms with Crippen LogP contribution in [0.15, 0.2) is 0 Å². The van der Waals surface area contributed by atoms with Crippen LogP contribution in [-0.2, 0) is 33.5 Å². The Kier molecular flexibility index (Phi) is 11.7. The Labute approximate surface area is 276 Å².